The van der Waals surface area contributed by atoms with E-state index in [0.717, 1.165) is 0 Å². The molecular formula is C46H72N10O19. The molecule has 19 N–H and O–H groups in total. The van der Waals surface area contributed by atoms with E-state index < -0.39 is 170 Å². The zero-order chi connectivity index (χ0) is 57.3. The Hall–Kier alpha value is -7.50. The van der Waals surface area contributed by atoms with Gasteiger partial charge in [-0.25, -0.2) is 4.79 Å². The number of nitrogens with two attached hydrogens (primary N) is 2. The fourth-order valence-electron chi connectivity index (χ4n) is 6.93. The van der Waals surface area contributed by atoms with Gasteiger partial charge in [0.1, 0.15) is 60.1 Å². The number of phenolic OH excluding ortho intramolecular Hbond substituents is 1. The highest BCUT2D eigenvalue weighted by atomic mass is 16.4. The third kappa shape index (κ3) is 24.4. The summed E-state index contributed by atoms with van der Waals surface area (Å²) in [5, 5.41) is 85.5. The van der Waals surface area contributed by atoms with Gasteiger partial charge in [0.25, 0.3) is 0 Å². The SMILES string of the molecule is CC(C)C[C@H](NC(=O)[C@H](Cc1ccc(O)cc1)NC(=O)[C@H](CC(=O)O)NC(=O)[C@H](CO)NC(=O)[C@@H](N)[C@@H](C)O)C(=O)N[C@@H](CCCCN)C(=O)N[C@@H](CCC(=O)O)C(=O)N[C@H](C(=O)N[C@@H](CC(=O)O)C(=O)O)C(C)C. The second-order valence-electron chi connectivity index (χ2n) is 18.4. The second-order valence-corrected chi connectivity index (χ2v) is 18.4. The van der Waals surface area contributed by atoms with Crippen LogP contribution in [0.3, 0.4) is 0 Å². The molecule has 420 valence electrons. The van der Waals surface area contributed by atoms with Crippen LogP contribution >= 0.6 is 0 Å². The number of hydrogen-bond donors (Lipinski definition) is 17. The molecule has 0 spiro atoms. The molecule has 29 heteroatoms. The average molecular weight is 1070 g/mol. The first-order valence-electron chi connectivity index (χ1n) is 23.8. The Bertz CT molecular complexity index is 2160. The number of aromatic hydroxyl groups is 1. The minimum Gasteiger partial charge on any atom is -0.508 e. The van der Waals surface area contributed by atoms with Crippen LogP contribution in [0.2, 0.25) is 0 Å². The number of carboxylic acid groups (broad SMARTS) is 4. The molecule has 29 nitrogen and oxygen atoms in total. The van der Waals surface area contributed by atoms with Crippen molar-refractivity contribution in [1.29, 1.82) is 0 Å². The molecule has 0 aliphatic carbocycles. The van der Waals surface area contributed by atoms with Gasteiger partial charge in [0.05, 0.1) is 25.6 Å². The van der Waals surface area contributed by atoms with Crippen LogP contribution in [0, 0.1) is 11.8 Å². The maximum Gasteiger partial charge on any atom is 0.326 e. The third-order valence-electron chi connectivity index (χ3n) is 11.1. The number of carbonyl (C=O) groups excluding carboxylic acids is 8. The van der Waals surface area contributed by atoms with Gasteiger partial charge in [0.15, 0.2) is 0 Å². The van der Waals surface area contributed by atoms with Gasteiger partial charge >= 0.3 is 23.9 Å². The number of hydrogen-bond acceptors (Lipinski definition) is 17. The van der Waals surface area contributed by atoms with Gasteiger partial charge < -0.3 is 89.7 Å². The van der Waals surface area contributed by atoms with Crippen molar-refractivity contribution >= 4 is 71.1 Å². The smallest absolute Gasteiger partial charge is 0.326 e. The first-order valence-corrected chi connectivity index (χ1v) is 23.8. The van der Waals surface area contributed by atoms with Crippen molar-refractivity contribution in [2.75, 3.05) is 13.2 Å². The maximum atomic E-state index is 14.3. The quantitative estimate of drug-likeness (QED) is 0.0284. The number of aliphatic hydroxyl groups is 2. The van der Waals surface area contributed by atoms with E-state index in [1.807, 2.05) is 5.32 Å². The van der Waals surface area contributed by atoms with Gasteiger partial charge in [-0.2, -0.15) is 0 Å². The molecule has 0 heterocycles. The molecule has 8 amide bonds. The molecular weight excluding hydrogens is 997 g/mol. The highest BCUT2D eigenvalue weighted by molar-refractivity contribution is 5.99. The molecule has 0 bridgehead atoms. The van der Waals surface area contributed by atoms with E-state index >= 15 is 0 Å². The maximum absolute atomic E-state index is 14.3. The Morgan fingerprint density at radius 3 is 1.45 bits per heavy atom. The zero-order valence-corrected chi connectivity index (χ0v) is 42.2. The lowest BCUT2D eigenvalue weighted by Gasteiger charge is -2.29. The standard InChI is InChI=1S/C46H72N10O19/c1-21(2)16-28(51-41(69)29(17-24-9-11-25(59)12-10-24)52-42(70)30(18-34(62)63)53-43(71)32(20-57)55-44(72)36(48)23(5)58)40(68)49-26(8-6-7-15-47)38(66)50-27(13-14-33(60)61)39(67)56-37(22(3)4)45(73)54-31(46(74)75)19-35(64)65/h9-12,21-23,26-32,36-37,57-59H,6-8,13-20,47-48H2,1-5H3,(H,49,68)(H,50,66)(H,51,69)(H,52,70)(H,53,71)(H,54,73)(H,55,72)(H,56,67)(H,60,61)(H,62,63)(H,64,65)(H,74,75)/t23-,26+,27+,28+,29+,30+,31+,32+,36+,37+/m1/s1. The van der Waals surface area contributed by atoms with E-state index in [2.05, 4.69) is 37.2 Å². The van der Waals surface area contributed by atoms with Gasteiger partial charge in [-0.3, -0.25) is 52.7 Å². The summed E-state index contributed by atoms with van der Waals surface area (Å²) in [5.41, 5.74) is 11.6. The van der Waals surface area contributed by atoms with Crippen LogP contribution in [0.5, 0.6) is 5.75 Å². The Balaban J connectivity index is 3.62. The number of aliphatic hydroxyl groups excluding tert-OH is 2. The van der Waals surface area contributed by atoms with E-state index in [0.29, 0.717) is 12.0 Å². The Morgan fingerprint density at radius 2 is 0.960 bits per heavy atom. The number of amides is 8. The molecule has 75 heavy (non-hydrogen) atoms. The molecule has 1 aromatic carbocycles. The summed E-state index contributed by atoms with van der Waals surface area (Å²) in [7, 11) is 0. The number of carbonyl (C=O) groups is 12. The van der Waals surface area contributed by atoms with Crippen molar-refractivity contribution in [1.82, 2.24) is 42.5 Å². The molecule has 0 saturated carbocycles. The van der Waals surface area contributed by atoms with E-state index in [9.17, 15) is 88.2 Å². The Morgan fingerprint density at radius 1 is 0.520 bits per heavy atom. The van der Waals surface area contributed by atoms with Gasteiger partial charge in [-0.05, 0) is 75.1 Å². The second kappa shape index (κ2) is 32.6. The number of nitrogens with one attached hydrogen (secondary N) is 8. The van der Waals surface area contributed by atoms with Gasteiger partial charge in [0, 0.05) is 12.8 Å². The largest absolute Gasteiger partial charge is 0.508 e. The Kier molecular flexibility index (Phi) is 28.5. The highest BCUT2D eigenvalue weighted by Crippen LogP contribution is 2.14. The molecule has 10 atom stereocenters. The van der Waals surface area contributed by atoms with E-state index in [1.165, 1.54) is 45.0 Å². The predicted molar refractivity (Wildman–Crippen MR) is 260 cm³/mol. The van der Waals surface area contributed by atoms with Gasteiger partial charge in [-0.1, -0.05) is 39.8 Å². The number of aliphatic carboxylic acids is 4. The molecule has 0 aliphatic rings. The molecule has 1 aromatic rings. The summed E-state index contributed by atoms with van der Waals surface area (Å²) in [6.07, 6.45) is -4.84. The molecule has 0 fully saturated rings. The average Bonchev–Trinajstić information content (AvgIpc) is 3.31. The van der Waals surface area contributed by atoms with Crippen molar-refractivity contribution < 1.29 is 93.3 Å². The number of benzene rings is 1. The van der Waals surface area contributed by atoms with Crippen molar-refractivity contribution in [3.05, 3.63) is 29.8 Å². The number of phenols is 1. The molecule has 1 rings (SSSR count). The minimum absolute atomic E-state index is 0.114. The lowest BCUT2D eigenvalue weighted by Crippen LogP contribution is -2.61. The summed E-state index contributed by atoms with van der Waals surface area (Å²) in [4.78, 5) is 155. The number of carboxylic acids is 4. The van der Waals surface area contributed by atoms with E-state index in [4.69, 9.17) is 16.6 Å². The number of rotatable bonds is 35. The first kappa shape index (κ1) is 65.5. The van der Waals surface area contributed by atoms with Crippen LogP contribution in [0.4, 0.5) is 0 Å². The van der Waals surface area contributed by atoms with Crippen LogP contribution in [0.25, 0.3) is 0 Å². The molecule has 0 unspecified atom stereocenters. The molecule has 0 aromatic heterocycles. The fraction of sp³-hybridized carbons (Fsp3) is 0.609. The highest BCUT2D eigenvalue weighted by Gasteiger charge is 2.37. The summed E-state index contributed by atoms with van der Waals surface area (Å²) in [6, 6.07) is -9.81. The number of unbranched alkanes of at least 4 members (excludes halogenated alkanes) is 1. The van der Waals surface area contributed by atoms with Crippen molar-refractivity contribution in [2.24, 2.45) is 23.3 Å². The van der Waals surface area contributed by atoms with Crippen molar-refractivity contribution in [3.8, 4) is 5.75 Å². The molecule has 0 saturated heterocycles. The summed E-state index contributed by atoms with van der Waals surface area (Å²) >= 11 is 0. The zero-order valence-electron chi connectivity index (χ0n) is 42.2. The van der Waals surface area contributed by atoms with Crippen LogP contribution < -0.4 is 54.0 Å². The van der Waals surface area contributed by atoms with Crippen molar-refractivity contribution in [2.45, 2.75) is 153 Å². The third-order valence-corrected chi connectivity index (χ3v) is 11.1. The first-order chi connectivity index (χ1) is 35.0. The molecule has 0 aliphatic heterocycles. The predicted octanol–water partition coefficient (Wildman–Crippen LogP) is -4.76. The molecule has 0 radical (unpaired) electrons. The monoisotopic (exact) mass is 1070 g/mol. The lowest BCUT2D eigenvalue weighted by atomic mass is 9.99. The fourth-order valence-corrected chi connectivity index (χ4v) is 6.93. The normalized spacial score (nSPS) is 15.1. The summed E-state index contributed by atoms with van der Waals surface area (Å²) in [5.74, 6) is -16.4. The lowest BCUT2D eigenvalue weighted by molar-refractivity contribution is -0.147. The minimum atomic E-state index is -1.97. The van der Waals surface area contributed by atoms with E-state index in [1.54, 1.807) is 13.8 Å². The van der Waals surface area contributed by atoms with Gasteiger partial charge in [-0.15, -0.1) is 0 Å². The van der Waals surface area contributed by atoms with E-state index in [-0.39, 0.29) is 43.9 Å². The topological polar surface area (TPSA) is 495 Å². The summed E-state index contributed by atoms with van der Waals surface area (Å²) in [6.45, 7) is 6.52. The van der Waals surface area contributed by atoms with Crippen LogP contribution in [0.1, 0.15) is 91.5 Å². The van der Waals surface area contributed by atoms with Crippen LogP contribution in [-0.2, 0) is 64.0 Å². The van der Waals surface area contributed by atoms with Crippen LogP contribution in [0.15, 0.2) is 24.3 Å². The Labute approximate surface area is 431 Å². The van der Waals surface area contributed by atoms with Crippen molar-refractivity contribution in [3.63, 3.8) is 0 Å². The van der Waals surface area contributed by atoms with Crippen LogP contribution in [-0.4, -0.2) is 181 Å². The summed E-state index contributed by atoms with van der Waals surface area (Å²) < 4.78 is 0. The van der Waals surface area contributed by atoms with Gasteiger partial charge in [0.2, 0.25) is 47.3 Å².